The lowest BCUT2D eigenvalue weighted by atomic mass is 10.1. The number of methoxy groups -OCH3 is 1. The van der Waals surface area contributed by atoms with Crippen molar-refractivity contribution in [3.63, 3.8) is 0 Å². The molecule has 0 aliphatic rings. The predicted molar refractivity (Wildman–Crippen MR) is 112 cm³/mol. The van der Waals surface area contributed by atoms with Crippen LogP contribution in [0.5, 0.6) is 0 Å². The van der Waals surface area contributed by atoms with E-state index in [-0.39, 0.29) is 11.5 Å². The van der Waals surface area contributed by atoms with E-state index in [1.165, 1.54) is 19.2 Å². The molecule has 0 saturated carbocycles. The Bertz CT molecular complexity index is 1110. The van der Waals surface area contributed by atoms with Gasteiger partial charge in [0.15, 0.2) is 0 Å². The second-order valence-electron chi connectivity index (χ2n) is 6.76. The van der Waals surface area contributed by atoms with E-state index in [1.807, 2.05) is 39.0 Å². The lowest BCUT2D eigenvalue weighted by Crippen LogP contribution is -2.06. The first-order chi connectivity index (χ1) is 13.8. The Morgan fingerprint density at radius 2 is 1.66 bits per heavy atom. The van der Waals surface area contributed by atoms with E-state index in [9.17, 15) is 9.59 Å². The monoisotopic (exact) mass is 390 g/mol. The van der Waals surface area contributed by atoms with Gasteiger partial charge in [0.2, 0.25) is 0 Å². The fraction of sp³-hybridized carbons (Fsp3) is 0.174. The second kappa shape index (κ2) is 8.14. The van der Waals surface area contributed by atoms with Crippen LogP contribution in [0.25, 0.3) is 5.69 Å². The molecule has 0 aliphatic carbocycles. The van der Waals surface area contributed by atoms with Crippen molar-refractivity contribution < 1.29 is 19.4 Å². The number of esters is 1. The highest BCUT2D eigenvalue weighted by Gasteiger charge is 2.13. The Labute approximate surface area is 169 Å². The molecule has 6 nitrogen and oxygen atoms in total. The Morgan fingerprint density at radius 3 is 2.24 bits per heavy atom. The summed E-state index contributed by atoms with van der Waals surface area (Å²) in [6.07, 6.45) is 1.77. The molecule has 0 bridgehead atoms. The average Bonchev–Trinajstić information content (AvgIpc) is 2.99. The SMILES string of the molecule is COC(=O)c1ccc(-n2c(C)cc(C=Nc3ccc(C(=O)O)cc3)c2C)c(C)c1. The van der Waals surface area contributed by atoms with E-state index >= 15 is 0 Å². The molecule has 0 atom stereocenters. The first-order valence-corrected chi connectivity index (χ1v) is 9.07. The van der Waals surface area contributed by atoms with Crippen molar-refractivity contribution in [1.82, 2.24) is 4.57 Å². The lowest BCUT2D eigenvalue weighted by molar-refractivity contribution is 0.0599. The molecule has 0 amide bonds. The van der Waals surface area contributed by atoms with Crippen LogP contribution in [-0.2, 0) is 4.74 Å². The second-order valence-corrected chi connectivity index (χ2v) is 6.76. The van der Waals surface area contributed by atoms with E-state index in [1.54, 1.807) is 24.4 Å². The van der Waals surface area contributed by atoms with Gasteiger partial charge in [0.05, 0.1) is 23.9 Å². The van der Waals surface area contributed by atoms with Crippen molar-refractivity contribution in [3.05, 3.63) is 82.2 Å². The summed E-state index contributed by atoms with van der Waals surface area (Å²) in [6.45, 7) is 5.98. The van der Waals surface area contributed by atoms with Crippen LogP contribution in [0, 0.1) is 20.8 Å². The van der Waals surface area contributed by atoms with Gasteiger partial charge in [-0.2, -0.15) is 0 Å². The quantitative estimate of drug-likeness (QED) is 0.508. The molecular weight excluding hydrogens is 368 g/mol. The first-order valence-electron chi connectivity index (χ1n) is 9.07. The highest BCUT2D eigenvalue weighted by atomic mass is 16.5. The van der Waals surface area contributed by atoms with Crippen molar-refractivity contribution in [2.75, 3.05) is 7.11 Å². The molecule has 0 fully saturated rings. The summed E-state index contributed by atoms with van der Waals surface area (Å²) in [5.74, 6) is -1.32. The summed E-state index contributed by atoms with van der Waals surface area (Å²) in [5, 5.41) is 8.98. The number of aromatic carboxylic acids is 1. The Balaban J connectivity index is 1.92. The van der Waals surface area contributed by atoms with Gasteiger partial charge >= 0.3 is 11.9 Å². The summed E-state index contributed by atoms with van der Waals surface area (Å²) in [5.41, 5.74) is 6.39. The number of aryl methyl sites for hydroxylation is 2. The maximum absolute atomic E-state index is 11.8. The van der Waals surface area contributed by atoms with Gasteiger partial charge in [0, 0.05) is 28.9 Å². The van der Waals surface area contributed by atoms with E-state index in [2.05, 4.69) is 9.56 Å². The zero-order valence-corrected chi connectivity index (χ0v) is 16.8. The lowest BCUT2D eigenvalue weighted by Gasteiger charge is -2.13. The van der Waals surface area contributed by atoms with Gasteiger partial charge < -0.3 is 14.4 Å². The molecule has 0 aliphatic heterocycles. The van der Waals surface area contributed by atoms with Crippen LogP contribution < -0.4 is 0 Å². The molecule has 0 radical (unpaired) electrons. The summed E-state index contributed by atoms with van der Waals surface area (Å²) in [7, 11) is 1.37. The fourth-order valence-corrected chi connectivity index (χ4v) is 3.27. The van der Waals surface area contributed by atoms with Gasteiger partial charge in [-0.05, 0) is 74.9 Å². The number of nitrogens with zero attached hydrogens (tertiary/aromatic N) is 2. The standard InChI is InChI=1S/C23H22N2O4/c1-14-11-18(23(28)29-4)7-10-21(14)25-15(2)12-19(16(25)3)13-24-20-8-5-17(6-9-20)22(26)27/h5-13H,1-4H3,(H,26,27). The molecule has 29 heavy (non-hydrogen) atoms. The third-order valence-electron chi connectivity index (χ3n) is 4.80. The summed E-state index contributed by atoms with van der Waals surface area (Å²) >= 11 is 0. The van der Waals surface area contributed by atoms with Crippen molar-refractivity contribution in [2.24, 2.45) is 4.99 Å². The molecule has 2 aromatic carbocycles. The van der Waals surface area contributed by atoms with Crippen molar-refractivity contribution in [3.8, 4) is 5.69 Å². The molecule has 6 heteroatoms. The smallest absolute Gasteiger partial charge is 0.337 e. The van der Waals surface area contributed by atoms with Gasteiger partial charge in [0.1, 0.15) is 0 Å². The number of aromatic nitrogens is 1. The van der Waals surface area contributed by atoms with E-state index in [0.717, 1.165) is 28.2 Å². The number of rotatable bonds is 5. The largest absolute Gasteiger partial charge is 0.478 e. The van der Waals surface area contributed by atoms with Crippen LogP contribution in [0.4, 0.5) is 5.69 Å². The van der Waals surface area contributed by atoms with Gasteiger partial charge in [-0.25, -0.2) is 9.59 Å². The zero-order chi connectivity index (χ0) is 21.1. The normalized spacial score (nSPS) is 11.0. The fourth-order valence-electron chi connectivity index (χ4n) is 3.27. The maximum atomic E-state index is 11.8. The summed E-state index contributed by atoms with van der Waals surface area (Å²) < 4.78 is 6.90. The Morgan fingerprint density at radius 1 is 1.00 bits per heavy atom. The average molecular weight is 390 g/mol. The molecule has 0 spiro atoms. The molecule has 0 saturated heterocycles. The van der Waals surface area contributed by atoms with Crippen LogP contribution in [0.15, 0.2) is 53.5 Å². The molecule has 0 unspecified atom stereocenters. The van der Waals surface area contributed by atoms with E-state index in [4.69, 9.17) is 9.84 Å². The highest BCUT2D eigenvalue weighted by Crippen LogP contribution is 2.24. The minimum absolute atomic E-state index is 0.230. The van der Waals surface area contributed by atoms with Crippen LogP contribution in [0.1, 0.15) is 43.2 Å². The Hall–Kier alpha value is -3.67. The van der Waals surface area contributed by atoms with Crippen LogP contribution in [0.3, 0.4) is 0 Å². The third-order valence-corrected chi connectivity index (χ3v) is 4.80. The number of ether oxygens (including phenoxy) is 1. The van der Waals surface area contributed by atoms with Crippen LogP contribution in [0.2, 0.25) is 0 Å². The van der Waals surface area contributed by atoms with Gasteiger partial charge in [-0.15, -0.1) is 0 Å². The number of aliphatic imine (C=N–C) groups is 1. The number of carboxylic acid groups (broad SMARTS) is 1. The number of carboxylic acids is 1. The van der Waals surface area contributed by atoms with E-state index < -0.39 is 5.97 Å². The van der Waals surface area contributed by atoms with Gasteiger partial charge in [-0.1, -0.05) is 0 Å². The van der Waals surface area contributed by atoms with Gasteiger partial charge in [-0.3, -0.25) is 4.99 Å². The maximum Gasteiger partial charge on any atom is 0.337 e. The summed E-state index contributed by atoms with van der Waals surface area (Å²) in [4.78, 5) is 27.2. The molecule has 1 aromatic heterocycles. The van der Waals surface area contributed by atoms with Crippen LogP contribution in [-0.4, -0.2) is 34.9 Å². The van der Waals surface area contributed by atoms with Crippen LogP contribution >= 0.6 is 0 Å². The Kier molecular flexibility index (Phi) is 5.64. The number of benzene rings is 2. The highest BCUT2D eigenvalue weighted by molar-refractivity contribution is 5.90. The third kappa shape index (κ3) is 4.11. The molecule has 148 valence electrons. The molecular formula is C23H22N2O4. The predicted octanol–water partition coefficient (Wildman–Crippen LogP) is 4.64. The first kappa shape index (κ1) is 20.1. The molecule has 1 heterocycles. The molecule has 3 rings (SSSR count). The van der Waals surface area contributed by atoms with E-state index in [0.29, 0.717) is 11.3 Å². The number of carbonyl (C=O) groups is 2. The number of carbonyl (C=O) groups excluding carboxylic acids is 1. The molecule has 1 N–H and O–H groups in total. The van der Waals surface area contributed by atoms with Crippen molar-refractivity contribution in [1.29, 1.82) is 0 Å². The summed E-state index contributed by atoms with van der Waals surface area (Å²) in [6, 6.07) is 13.9. The minimum Gasteiger partial charge on any atom is -0.478 e. The minimum atomic E-state index is -0.960. The van der Waals surface area contributed by atoms with Gasteiger partial charge in [0.25, 0.3) is 0 Å². The van der Waals surface area contributed by atoms with Crippen molar-refractivity contribution >= 4 is 23.8 Å². The topological polar surface area (TPSA) is 80.9 Å². The van der Waals surface area contributed by atoms with Crippen molar-refractivity contribution in [2.45, 2.75) is 20.8 Å². The molecule has 3 aromatic rings. The zero-order valence-electron chi connectivity index (χ0n) is 16.8. The number of hydrogen-bond acceptors (Lipinski definition) is 4. The number of hydrogen-bond donors (Lipinski definition) is 1.